The third-order valence-corrected chi connectivity index (χ3v) is 3.39. The molecule has 0 N–H and O–H groups in total. The zero-order valence-electron chi connectivity index (χ0n) is 13.0. The number of para-hydroxylation sites is 1. The van der Waals surface area contributed by atoms with Gasteiger partial charge in [-0.1, -0.05) is 60.7 Å². The molecule has 3 heteroatoms. The molecule has 0 radical (unpaired) electrons. The van der Waals surface area contributed by atoms with Gasteiger partial charge in [-0.05, 0) is 25.5 Å². The van der Waals surface area contributed by atoms with Crippen LogP contribution in [0.25, 0.3) is 12.2 Å². The van der Waals surface area contributed by atoms with Gasteiger partial charge in [0.15, 0.2) is 0 Å². The lowest BCUT2D eigenvalue weighted by Crippen LogP contribution is -2.33. The summed E-state index contributed by atoms with van der Waals surface area (Å²) in [5.41, 5.74) is 1.99. The van der Waals surface area contributed by atoms with E-state index in [1.165, 1.54) is 0 Å². The fourth-order valence-electron chi connectivity index (χ4n) is 2.10. The summed E-state index contributed by atoms with van der Waals surface area (Å²) in [5, 5.41) is 0. The van der Waals surface area contributed by atoms with E-state index in [2.05, 4.69) is 0 Å². The number of benzene rings is 2. The van der Waals surface area contributed by atoms with Crippen LogP contribution < -0.4 is 4.74 Å². The molecule has 0 atom stereocenters. The summed E-state index contributed by atoms with van der Waals surface area (Å²) in [6, 6.07) is 17.6. The van der Waals surface area contributed by atoms with Crippen LogP contribution in [0.4, 0.5) is 4.79 Å². The van der Waals surface area contributed by atoms with Crippen molar-refractivity contribution in [2.75, 3.05) is 13.1 Å². The number of rotatable bonds is 5. The van der Waals surface area contributed by atoms with E-state index in [-0.39, 0.29) is 6.09 Å². The van der Waals surface area contributed by atoms with Crippen LogP contribution in [0, 0.1) is 0 Å². The molecule has 0 saturated heterocycles. The zero-order chi connectivity index (χ0) is 15.8. The lowest BCUT2D eigenvalue weighted by atomic mass is 10.1. The van der Waals surface area contributed by atoms with Crippen LogP contribution in [0.5, 0.6) is 5.75 Å². The van der Waals surface area contributed by atoms with Crippen molar-refractivity contribution in [2.45, 2.75) is 13.8 Å². The summed E-state index contributed by atoms with van der Waals surface area (Å²) in [6.07, 6.45) is 3.65. The predicted octanol–water partition coefficient (Wildman–Crippen LogP) is 4.70. The Kier molecular flexibility index (Phi) is 5.78. The van der Waals surface area contributed by atoms with Crippen LogP contribution in [-0.2, 0) is 0 Å². The van der Waals surface area contributed by atoms with Crippen LogP contribution in [0.2, 0.25) is 0 Å². The highest BCUT2D eigenvalue weighted by Crippen LogP contribution is 2.21. The standard InChI is InChI=1S/C19H21NO2/c1-3-20(4-2)19(21)22-18-13-9-8-12-17(18)15-14-16-10-6-5-7-11-16/h5-15H,3-4H2,1-2H3/b15-14+. The SMILES string of the molecule is CCN(CC)C(=O)Oc1ccccc1/C=C/c1ccccc1. The number of carbonyl (C=O) groups excluding carboxylic acids is 1. The molecule has 0 fully saturated rings. The Hall–Kier alpha value is -2.55. The minimum atomic E-state index is -0.314. The number of nitrogens with zero attached hydrogens (tertiary/aromatic N) is 1. The Bertz CT molecular complexity index is 631. The highest BCUT2D eigenvalue weighted by molar-refractivity contribution is 5.76. The maximum atomic E-state index is 12.1. The molecule has 0 aliphatic carbocycles. The molecule has 0 spiro atoms. The lowest BCUT2D eigenvalue weighted by molar-refractivity contribution is 0.157. The van der Waals surface area contributed by atoms with E-state index in [1.807, 2.05) is 80.6 Å². The van der Waals surface area contributed by atoms with Crippen LogP contribution in [0.1, 0.15) is 25.0 Å². The van der Waals surface area contributed by atoms with E-state index in [0.717, 1.165) is 11.1 Å². The summed E-state index contributed by atoms with van der Waals surface area (Å²) >= 11 is 0. The lowest BCUT2D eigenvalue weighted by Gasteiger charge is -2.18. The van der Waals surface area contributed by atoms with Crippen molar-refractivity contribution in [1.29, 1.82) is 0 Å². The second-order valence-corrected chi connectivity index (χ2v) is 4.82. The predicted molar refractivity (Wildman–Crippen MR) is 90.8 cm³/mol. The van der Waals surface area contributed by atoms with Gasteiger partial charge in [-0.3, -0.25) is 0 Å². The van der Waals surface area contributed by atoms with Crippen LogP contribution in [-0.4, -0.2) is 24.1 Å². The van der Waals surface area contributed by atoms with Gasteiger partial charge in [-0.15, -0.1) is 0 Å². The third kappa shape index (κ3) is 4.22. The van der Waals surface area contributed by atoms with Gasteiger partial charge < -0.3 is 9.64 Å². The van der Waals surface area contributed by atoms with Crippen molar-refractivity contribution in [2.24, 2.45) is 0 Å². The monoisotopic (exact) mass is 295 g/mol. The first-order valence-corrected chi connectivity index (χ1v) is 7.53. The smallest absolute Gasteiger partial charge is 0.410 e. The molecule has 0 aliphatic heterocycles. The molecular formula is C19H21NO2. The molecule has 114 valence electrons. The number of amides is 1. The largest absolute Gasteiger partial charge is 0.415 e. The summed E-state index contributed by atoms with van der Waals surface area (Å²) < 4.78 is 5.51. The number of carbonyl (C=O) groups is 1. The van der Waals surface area contributed by atoms with Gasteiger partial charge in [-0.2, -0.15) is 0 Å². The summed E-state index contributed by atoms with van der Waals surface area (Å²) in [7, 11) is 0. The number of hydrogen-bond acceptors (Lipinski definition) is 2. The molecule has 22 heavy (non-hydrogen) atoms. The maximum Gasteiger partial charge on any atom is 0.415 e. The minimum Gasteiger partial charge on any atom is -0.410 e. The molecule has 0 unspecified atom stereocenters. The van der Waals surface area contributed by atoms with Gasteiger partial charge in [-0.25, -0.2) is 4.79 Å². The quantitative estimate of drug-likeness (QED) is 0.748. The second-order valence-electron chi connectivity index (χ2n) is 4.82. The molecule has 2 rings (SSSR count). The first kappa shape index (κ1) is 15.8. The molecule has 0 bridgehead atoms. The normalized spacial score (nSPS) is 10.6. The molecule has 1 amide bonds. The van der Waals surface area contributed by atoms with Crippen molar-refractivity contribution in [3.8, 4) is 5.75 Å². The van der Waals surface area contributed by atoms with E-state index >= 15 is 0 Å². The van der Waals surface area contributed by atoms with Crippen molar-refractivity contribution in [3.05, 3.63) is 65.7 Å². The van der Waals surface area contributed by atoms with Gasteiger partial charge >= 0.3 is 6.09 Å². The number of hydrogen-bond donors (Lipinski definition) is 0. The Morgan fingerprint density at radius 1 is 0.955 bits per heavy atom. The van der Waals surface area contributed by atoms with E-state index < -0.39 is 0 Å². The fraction of sp³-hybridized carbons (Fsp3) is 0.211. The molecule has 0 aromatic heterocycles. The number of ether oxygens (including phenoxy) is 1. The molecule has 3 nitrogen and oxygen atoms in total. The second kappa shape index (κ2) is 8.03. The summed E-state index contributed by atoms with van der Waals surface area (Å²) in [4.78, 5) is 13.7. The van der Waals surface area contributed by atoms with E-state index in [1.54, 1.807) is 4.90 Å². The van der Waals surface area contributed by atoms with Crippen LogP contribution in [0.3, 0.4) is 0 Å². The Balaban J connectivity index is 2.17. The first-order chi connectivity index (χ1) is 10.7. The van der Waals surface area contributed by atoms with Crippen molar-refractivity contribution in [3.63, 3.8) is 0 Å². The maximum absolute atomic E-state index is 12.1. The van der Waals surface area contributed by atoms with Crippen molar-refractivity contribution >= 4 is 18.2 Å². The van der Waals surface area contributed by atoms with E-state index in [4.69, 9.17) is 4.74 Å². The van der Waals surface area contributed by atoms with Gasteiger partial charge in [0, 0.05) is 18.7 Å². The molecule has 0 heterocycles. The van der Waals surface area contributed by atoms with Gasteiger partial charge in [0.25, 0.3) is 0 Å². The Morgan fingerprint density at radius 3 is 2.27 bits per heavy atom. The topological polar surface area (TPSA) is 29.5 Å². The van der Waals surface area contributed by atoms with Gasteiger partial charge in [0.05, 0.1) is 0 Å². The molecule has 0 saturated carbocycles. The average molecular weight is 295 g/mol. The van der Waals surface area contributed by atoms with Gasteiger partial charge in [0.1, 0.15) is 5.75 Å². The van der Waals surface area contributed by atoms with Crippen LogP contribution >= 0.6 is 0 Å². The Labute approximate surface area is 131 Å². The zero-order valence-corrected chi connectivity index (χ0v) is 13.0. The summed E-state index contributed by atoms with van der Waals surface area (Å²) in [6.45, 7) is 5.15. The summed E-state index contributed by atoms with van der Waals surface area (Å²) in [5.74, 6) is 0.576. The highest BCUT2D eigenvalue weighted by atomic mass is 16.6. The Morgan fingerprint density at radius 2 is 1.59 bits per heavy atom. The molecule has 0 aliphatic rings. The van der Waals surface area contributed by atoms with Gasteiger partial charge in [0.2, 0.25) is 0 Å². The fourth-order valence-corrected chi connectivity index (χ4v) is 2.10. The minimum absolute atomic E-state index is 0.314. The molecular weight excluding hydrogens is 274 g/mol. The van der Waals surface area contributed by atoms with E-state index in [0.29, 0.717) is 18.8 Å². The average Bonchev–Trinajstić information content (AvgIpc) is 2.56. The highest BCUT2D eigenvalue weighted by Gasteiger charge is 2.13. The third-order valence-electron chi connectivity index (χ3n) is 3.39. The van der Waals surface area contributed by atoms with Crippen LogP contribution in [0.15, 0.2) is 54.6 Å². The first-order valence-electron chi connectivity index (χ1n) is 7.53. The van der Waals surface area contributed by atoms with E-state index in [9.17, 15) is 4.79 Å². The molecule has 2 aromatic rings. The van der Waals surface area contributed by atoms with Crippen molar-refractivity contribution in [1.82, 2.24) is 4.90 Å². The molecule has 2 aromatic carbocycles. The van der Waals surface area contributed by atoms with Crippen molar-refractivity contribution < 1.29 is 9.53 Å².